The lowest BCUT2D eigenvalue weighted by atomic mass is 9.87. The van der Waals surface area contributed by atoms with Crippen LogP contribution in [0.3, 0.4) is 0 Å². The molecule has 6 nitrogen and oxygen atoms in total. The fourth-order valence-corrected chi connectivity index (χ4v) is 1.69. The van der Waals surface area contributed by atoms with E-state index in [4.69, 9.17) is 14.6 Å². The molecule has 0 saturated carbocycles. The van der Waals surface area contributed by atoms with Crippen LogP contribution in [0.25, 0.3) is 0 Å². The lowest BCUT2D eigenvalue weighted by Gasteiger charge is -2.21. The van der Waals surface area contributed by atoms with Gasteiger partial charge in [0.2, 0.25) is 5.91 Å². The number of benzene rings is 1. The molecule has 1 aromatic carbocycles. The van der Waals surface area contributed by atoms with Gasteiger partial charge in [-0.3, -0.25) is 4.79 Å². The number of amides is 1. The highest BCUT2D eigenvalue weighted by Gasteiger charge is 2.17. The Kier molecular flexibility index (Phi) is 5.72. The van der Waals surface area contributed by atoms with Crippen LogP contribution in [0.15, 0.2) is 18.2 Å². The number of carboxylic acid groups (broad SMARTS) is 1. The molecule has 0 saturated heterocycles. The number of anilines is 1. The molecular formula is C15H21NO5. The number of hydrogen-bond acceptors (Lipinski definition) is 4. The molecule has 0 aliphatic rings. The SMILES string of the molecule is COc1ccc(C(C)(C)C)cc1NC(=O)COCC(=O)O. The number of carboxylic acids is 1. The fraction of sp³-hybridized carbons (Fsp3) is 0.467. The van der Waals surface area contributed by atoms with Crippen molar-refractivity contribution in [3.63, 3.8) is 0 Å². The minimum atomic E-state index is -1.12. The van der Waals surface area contributed by atoms with E-state index in [1.165, 1.54) is 7.11 Å². The van der Waals surface area contributed by atoms with Crippen molar-refractivity contribution < 1.29 is 24.2 Å². The largest absolute Gasteiger partial charge is 0.495 e. The van der Waals surface area contributed by atoms with Crippen molar-refractivity contribution in [2.24, 2.45) is 0 Å². The Bertz CT molecular complexity index is 519. The smallest absolute Gasteiger partial charge is 0.329 e. The van der Waals surface area contributed by atoms with Crippen molar-refractivity contribution in [2.75, 3.05) is 25.6 Å². The van der Waals surface area contributed by atoms with E-state index >= 15 is 0 Å². The Morgan fingerprint density at radius 1 is 1.24 bits per heavy atom. The van der Waals surface area contributed by atoms with Crippen LogP contribution in [0.1, 0.15) is 26.3 Å². The predicted octanol–water partition coefficient (Wildman–Crippen LogP) is 2.03. The van der Waals surface area contributed by atoms with Crippen molar-refractivity contribution >= 4 is 17.6 Å². The second-order valence-corrected chi connectivity index (χ2v) is 5.60. The van der Waals surface area contributed by atoms with Gasteiger partial charge < -0.3 is 19.9 Å². The molecule has 0 radical (unpaired) electrons. The molecule has 116 valence electrons. The Hall–Kier alpha value is -2.08. The molecule has 0 fully saturated rings. The van der Waals surface area contributed by atoms with Gasteiger partial charge >= 0.3 is 5.97 Å². The molecule has 0 unspecified atom stereocenters. The van der Waals surface area contributed by atoms with E-state index in [2.05, 4.69) is 26.1 Å². The fourth-order valence-electron chi connectivity index (χ4n) is 1.69. The molecular weight excluding hydrogens is 274 g/mol. The Labute approximate surface area is 124 Å². The van der Waals surface area contributed by atoms with E-state index < -0.39 is 18.5 Å². The first kappa shape index (κ1) is 17.0. The van der Waals surface area contributed by atoms with Crippen LogP contribution < -0.4 is 10.1 Å². The summed E-state index contributed by atoms with van der Waals surface area (Å²) in [6.07, 6.45) is 0. The average molecular weight is 295 g/mol. The molecule has 1 rings (SSSR count). The van der Waals surface area contributed by atoms with Gasteiger partial charge in [-0.15, -0.1) is 0 Å². The van der Waals surface area contributed by atoms with Gasteiger partial charge in [0, 0.05) is 0 Å². The number of ether oxygens (including phenoxy) is 2. The van der Waals surface area contributed by atoms with E-state index in [-0.39, 0.29) is 12.0 Å². The van der Waals surface area contributed by atoms with Crippen molar-refractivity contribution in [2.45, 2.75) is 26.2 Å². The summed E-state index contributed by atoms with van der Waals surface area (Å²) in [7, 11) is 1.52. The molecule has 0 bridgehead atoms. The number of nitrogens with one attached hydrogen (secondary N) is 1. The summed E-state index contributed by atoms with van der Waals surface area (Å²) >= 11 is 0. The number of carbonyl (C=O) groups excluding carboxylic acids is 1. The highest BCUT2D eigenvalue weighted by molar-refractivity contribution is 5.93. The lowest BCUT2D eigenvalue weighted by Crippen LogP contribution is -2.21. The summed E-state index contributed by atoms with van der Waals surface area (Å²) in [5, 5.41) is 11.1. The summed E-state index contributed by atoms with van der Waals surface area (Å²) in [5.74, 6) is -1.01. The van der Waals surface area contributed by atoms with Gasteiger partial charge in [0.1, 0.15) is 19.0 Å². The zero-order valence-electron chi connectivity index (χ0n) is 12.7. The van der Waals surface area contributed by atoms with Crippen molar-refractivity contribution in [1.29, 1.82) is 0 Å². The van der Waals surface area contributed by atoms with E-state index in [0.717, 1.165) is 5.56 Å². The monoisotopic (exact) mass is 295 g/mol. The maximum atomic E-state index is 11.7. The minimum Gasteiger partial charge on any atom is -0.495 e. The van der Waals surface area contributed by atoms with Gasteiger partial charge in [-0.25, -0.2) is 4.79 Å². The second kappa shape index (κ2) is 7.08. The van der Waals surface area contributed by atoms with Gasteiger partial charge in [0.05, 0.1) is 12.8 Å². The summed E-state index contributed by atoms with van der Waals surface area (Å²) in [5.41, 5.74) is 1.52. The summed E-state index contributed by atoms with van der Waals surface area (Å²) in [4.78, 5) is 22.1. The van der Waals surface area contributed by atoms with E-state index in [9.17, 15) is 9.59 Å². The third-order valence-corrected chi connectivity index (χ3v) is 2.80. The molecule has 0 aromatic heterocycles. The summed E-state index contributed by atoms with van der Waals surface area (Å²) < 4.78 is 9.95. The molecule has 0 aliphatic carbocycles. The summed E-state index contributed by atoms with van der Waals surface area (Å²) in [6.45, 7) is 5.37. The Morgan fingerprint density at radius 2 is 1.90 bits per heavy atom. The topological polar surface area (TPSA) is 84.9 Å². The highest BCUT2D eigenvalue weighted by atomic mass is 16.5. The molecule has 21 heavy (non-hydrogen) atoms. The first-order chi connectivity index (χ1) is 9.74. The number of carbonyl (C=O) groups is 2. The van der Waals surface area contributed by atoms with Crippen LogP contribution >= 0.6 is 0 Å². The van der Waals surface area contributed by atoms with Crippen LogP contribution in [0.5, 0.6) is 5.75 Å². The lowest BCUT2D eigenvalue weighted by molar-refractivity contribution is -0.143. The third kappa shape index (κ3) is 5.43. The predicted molar refractivity (Wildman–Crippen MR) is 78.8 cm³/mol. The average Bonchev–Trinajstić information content (AvgIpc) is 2.37. The number of aliphatic carboxylic acids is 1. The third-order valence-electron chi connectivity index (χ3n) is 2.80. The molecule has 6 heteroatoms. The number of hydrogen-bond donors (Lipinski definition) is 2. The molecule has 0 spiro atoms. The van der Waals surface area contributed by atoms with Gasteiger partial charge in [0.15, 0.2) is 0 Å². The van der Waals surface area contributed by atoms with Gasteiger partial charge in [-0.2, -0.15) is 0 Å². The van der Waals surface area contributed by atoms with Gasteiger partial charge in [-0.05, 0) is 23.1 Å². The maximum Gasteiger partial charge on any atom is 0.329 e. The maximum absolute atomic E-state index is 11.7. The summed E-state index contributed by atoms with van der Waals surface area (Å²) in [6, 6.07) is 5.57. The van der Waals surface area contributed by atoms with Crippen LogP contribution in [-0.4, -0.2) is 37.3 Å². The van der Waals surface area contributed by atoms with Crippen molar-refractivity contribution in [3.8, 4) is 5.75 Å². The normalized spacial score (nSPS) is 11.0. The highest BCUT2D eigenvalue weighted by Crippen LogP contribution is 2.31. The quantitative estimate of drug-likeness (QED) is 0.839. The Morgan fingerprint density at radius 3 is 2.43 bits per heavy atom. The van der Waals surface area contributed by atoms with E-state index in [1.807, 2.05) is 12.1 Å². The number of rotatable bonds is 6. The Balaban J connectivity index is 2.80. The van der Waals surface area contributed by atoms with E-state index in [1.54, 1.807) is 6.07 Å². The molecule has 0 aliphatic heterocycles. The van der Waals surface area contributed by atoms with Crippen LogP contribution in [0.4, 0.5) is 5.69 Å². The standard InChI is InChI=1S/C15H21NO5/c1-15(2,3)10-5-6-12(20-4)11(7-10)16-13(17)8-21-9-14(18)19/h5-7H,8-9H2,1-4H3,(H,16,17)(H,18,19). The zero-order chi connectivity index (χ0) is 16.0. The minimum absolute atomic E-state index is 0.0639. The van der Waals surface area contributed by atoms with Crippen LogP contribution in [-0.2, 0) is 19.7 Å². The van der Waals surface area contributed by atoms with Gasteiger partial charge in [0.25, 0.3) is 0 Å². The zero-order valence-corrected chi connectivity index (χ0v) is 12.7. The first-order valence-electron chi connectivity index (χ1n) is 6.52. The first-order valence-corrected chi connectivity index (χ1v) is 6.52. The number of methoxy groups -OCH3 is 1. The molecule has 1 amide bonds. The molecule has 1 aromatic rings. The van der Waals surface area contributed by atoms with Crippen LogP contribution in [0.2, 0.25) is 0 Å². The van der Waals surface area contributed by atoms with Gasteiger partial charge in [-0.1, -0.05) is 26.8 Å². The molecule has 2 N–H and O–H groups in total. The van der Waals surface area contributed by atoms with Crippen molar-refractivity contribution in [3.05, 3.63) is 23.8 Å². The van der Waals surface area contributed by atoms with Crippen LogP contribution in [0, 0.1) is 0 Å². The second-order valence-electron chi connectivity index (χ2n) is 5.60. The van der Waals surface area contributed by atoms with E-state index in [0.29, 0.717) is 11.4 Å². The molecule has 0 atom stereocenters. The molecule has 0 heterocycles. The van der Waals surface area contributed by atoms with Crippen molar-refractivity contribution in [1.82, 2.24) is 0 Å².